The molecule has 0 aliphatic heterocycles. The Labute approximate surface area is 158 Å². The molecule has 0 N–H and O–H groups in total. The third-order valence-electron chi connectivity index (χ3n) is 4.39. The molecule has 4 rings (SSSR count). The molecule has 0 saturated carbocycles. The largest absolute Gasteiger partial charge is 0.463 e. The van der Waals surface area contributed by atoms with Gasteiger partial charge in [0.05, 0.1) is 28.1 Å². The highest BCUT2D eigenvalue weighted by Gasteiger charge is 2.11. The molecule has 6 nitrogen and oxygen atoms in total. The van der Waals surface area contributed by atoms with Crippen LogP contribution in [-0.2, 0) is 0 Å². The van der Waals surface area contributed by atoms with E-state index in [1.54, 1.807) is 44.2 Å². The van der Waals surface area contributed by atoms with E-state index in [2.05, 4.69) is 10.1 Å². The van der Waals surface area contributed by atoms with E-state index >= 15 is 0 Å². The van der Waals surface area contributed by atoms with Crippen LogP contribution in [0.25, 0.3) is 21.9 Å². The lowest BCUT2D eigenvalue weighted by Gasteiger charge is -2.06. The predicted molar refractivity (Wildman–Crippen MR) is 106 cm³/mol. The molecule has 0 fully saturated rings. The standard InChI is InChI=1S/C20H14ClN3O3/c1-11-15(21)7-8-17-18(11)19(25)13(10-27-17)9-22-24-12(2)23-16-6-4-3-5-14(16)20(24)26/h3-10H,1-2H3/b22-9+. The van der Waals surface area contributed by atoms with Crippen LogP contribution in [0.1, 0.15) is 17.0 Å². The maximum absolute atomic E-state index is 12.8. The van der Waals surface area contributed by atoms with Gasteiger partial charge in [0, 0.05) is 5.02 Å². The third-order valence-corrected chi connectivity index (χ3v) is 4.80. The maximum atomic E-state index is 12.8. The summed E-state index contributed by atoms with van der Waals surface area (Å²) >= 11 is 6.11. The zero-order chi connectivity index (χ0) is 19.1. The molecule has 2 heterocycles. The number of halogens is 1. The Morgan fingerprint density at radius 3 is 2.74 bits per heavy atom. The molecule has 0 amide bonds. The Hall–Kier alpha value is -3.25. The van der Waals surface area contributed by atoms with Crippen molar-refractivity contribution in [2.75, 3.05) is 0 Å². The fourth-order valence-corrected chi connectivity index (χ4v) is 3.10. The summed E-state index contributed by atoms with van der Waals surface area (Å²) in [5, 5.41) is 5.50. The molecular formula is C20H14ClN3O3. The number of hydrogen-bond donors (Lipinski definition) is 0. The van der Waals surface area contributed by atoms with Gasteiger partial charge in [0.2, 0.25) is 5.43 Å². The van der Waals surface area contributed by atoms with Crippen molar-refractivity contribution in [3.63, 3.8) is 0 Å². The van der Waals surface area contributed by atoms with Crippen LogP contribution in [-0.4, -0.2) is 15.9 Å². The van der Waals surface area contributed by atoms with Crippen molar-refractivity contribution in [1.82, 2.24) is 9.66 Å². The van der Waals surface area contributed by atoms with E-state index in [9.17, 15) is 9.59 Å². The van der Waals surface area contributed by atoms with Gasteiger partial charge in [-0.25, -0.2) is 4.98 Å². The smallest absolute Gasteiger partial charge is 0.282 e. The van der Waals surface area contributed by atoms with Gasteiger partial charge < -0.3 is 4.42 Å². The first-order valence-electron chi connectivity index (χ1n) is 8.21. The van der Waals surface area contributed by atoms with E-state index in [0.29, 0.717) is 38.3 Å². The van der Waals surface area contributed by atoms with Crippen molar-refractivity contribution in [3.05, 3.63) is 85.2 Å². The first kappa shape index (κ1) is 17.2. The van der Waals surface area contributed by atoms with Crippen LogP contribution in [0, 0.1) is 13.8 Å². The lowest BCUT2D eigenvalue weighted by atomic mass is 10.1. The van der Waals surface area contributed by atoms with Crippen LogP contribution >= 0.6 is 11.6 Å². The van der Waals surface area contributed by atoms with Gasteiger partial charge in [0.1, 0.15) is 17.7 Å². The first-order valence-corrected chi connectivity index (χ1v) is 8.58. The second-order valence-electron chi connectivity index (χ2n) is 6.10. The maximum Gasteiger partial charge on any atom is 0.282 e. The fourth-order valence-electron chi connectivity index (χ4n) is 2.95. The molecule has 7 heteroatoms. The number of aryl methyl sites for hydroxylation is 2. The summed E-state index contributed by atoms with van der Waals surface area (Å²) < 4.78 is 6.69. The van der Waals surface area contributed by atoms with Gasteiger partial charge in [-0.15, -0.1) is 0 Å². The summed E-state index contributed by atoms with van der Waals surface area (Å²) in [6.45, 7) is 3.43. The Morgan fingerprint density at radius 1 is 1.15 bits per heavy atom. The second kappa shape index (κ2) is 6.48. The molecule has 27 heavy (non-hydrogen) atoms. The van der Waals surface area contributed by atoms with Crippen LogP contribution in [0.15, 0.2) is 61.8 Å². The molecule has 0 spiro atoms. The van der Waals surface area contributed by atoms with Crippen LogP contribution in [0.3, 0.4) is 0 Å². The number of hydrogen-bond acceptors (Lipinski definition) is 5. The molecule has 0 bridgehead atoms. The Kier molecular flexibility index (Phi) is 4.12. The van der Waals surface area contributed by atoms with E-state index in [4.69, 9.17) is 16.0 Å². The zero-order valence-corrected chi connectivity index (χ0v) is 15.3. The molecule has 0 radical (unpaired) electrons. The number of benzene rings is 2. The van der Waals surface area contributed by atoms with E-state index in [0.717, 1.165) is 4.68 Å². The molecule has 2 aromatic carbocycles. The minimum Gasteiger partial charge on any atom is -0.463 e. The third kappa shape index (κ3) is 2.84. The SMILES string of the molecule is Cc1c(Cl)ccc2occ(/C=N/n3c(C)nc4ccccc4c3=O)c(=O)c12. The highest BCUT2D eigenvalue weighted by molar-refractivity contribution is 6.32. The predicted octanol–water partition coefficient (Wildman–Crippen LogP) is 3.66. The summed E-state index contributed by atoms with van der Waals surface area (Å²) in [6, 6.07) is 10.4. The molecular weight excluding hydrogens is 366 g/mol. The normalized spacial score (nSPS) is 11.7. The van der Waals surface area contributed by atoms with Crippen molar-refractivity contribution in [1.29, 1.82) is 0 Å². The molecule has 0 unspecified atom stereocenters. The number of fused-ring (bicyclic) bond motifs is 2. The van der Waals surface area contributed by atoms with Crippen molar-refractivity contribution in [2.24, 2.45) is 5.10 Å². The molecule has 4 aromatic rings. The molecule has 0 atom stereocenters. The van der Waals surface area contributed by atoms with Gasteiger partial charge in [0.15, 0.2) is 0 Å². The van der Waals surface area contributed by atoms with Crippen molar-refractivity contribution in [3.8, 4) is 0 Å². The molecule has 0 aliphatic carbocycles. The van der Waals surface area contributed by atoms with Gasteiger partial charge in [0.25, 0.3) is 5.56 Å². The van der Waals surface area contributed by atoms with Gasteiger partial charge >= 0.3 is 0 Å². The Balaban J connectivity index is 1.88. The van der Waals surface area contributed by atoms with Crippen LogP contribution < -0.4 is 11.0 Å². The average Bonchev–Trinajstić information content (AvgIpc) is 2.66. The number of rotatable bonds is 2. The highest BCUT2D eigenvalue weighted by Crippen LogP contribution is 2.23. The quantitative estimate of drug-likeness (QED) is 0.498. The summed E-state index contributed by atoms with van der Waals surface area (Å²) in [6.07, 6.45) is 2.62. The topological polar surface area (TPSA) is 77.5 Å². The van der Waals surface area contributed by atoms with E-state index in [1.807, 2.05) is 6.07 Å². The lowest BCUT2D eigenvalue weighted by Crippen LogP contribution is -2.21. The Bertz CT molecular complexity index is 1350. The van der Waals surface area contributed by atoms with Crippen molar-refractivity contribution < 1.29 is 4.42 Å². The highest BCUT2D eigenvalue weighted by atomic mass is 35.5. The average molecular weight is 380 g/mol. The van der Waals surface area contributed by atoms with Crippen molar-refractivity contribution >= 4 is 39.7 Å². The zero-order valence-electron chi connectivity index (χ0n) is 14.6. The van der Waals surface area contributed by atoms with Crippen LogP contribution in [0.5, 0.6) is 0 Å². The second-order valence-corrected chi connectivity index (χ2v) is 6.51. The fraction of sp³-hybridized carbons (Fsp3) is 0.100. The van der Waals surface area contributed by atoms with Crippen LogP contribution in [0.2, 0.25) is 5.02 Å². The Morgan fingerprint density at radius 2 is 1.93 bits per heavy atom. The van der Waals surface area contributed by atoms with Gasteiger partial charge in [-0.3, -0.25) is 9.59 Å². The molecule has 2 aromatic heterocycles. The van der Waals surface area contributed by atoms with Gasteiger partial charge in [-0.05, 0) is 43.7 Å². The molecule has 0 saturated heterocycles. The van der Waals surface area contributed by atoms with E-state index < -0.39 is 0 Å². The van der Waals surface area contributed by atoms with Crippen molar-refractivity contribution in [2.45, 2.75) is 13.8 Å². The summed E-state index contributed by atoms with van der Waals surface area (Å²) in [5.41, 5.74) is 1.33. The van der Waals surface area contributed by atoms with Gasteiger partial charge in [-0.2, -0.15) is 9.78 Å². The number of aromatic nitrogens is 2. The summed E-state index contributed by atoms with van der Waals surface area (Å²) in [7, 11) is 0. The minimum absolute atomic E-state index is 0.215. The van der Waals surface area contributed by atoms with E-state index in [1.165, 1.54) is 12.5 Å². The summed E-state index contributed by atoms with van der Waals surface area (Å²) in [4.78, 5) is 29.8. The lowest BCUT2D eigenvalue weighted by molar-refractivity contribution is 0.601. The minimum atomic E-state index is -0.307. The van der Waals surface area contributed by atoms with E-state index in [-0.39, 0.29) is 16.6 Å². The first-order chi connectivity index (χ1) is 13.0. The van der Waals surface area contributed by atoms with Crippen LogP contribution in [0.4, 0.5) is 0 Å². The molecule has 0 aliphatic rings. The molecule has 134 valence electrons. The van der Waals surface area contributed by atoms with Gasteiger partial charge in [-0.1, -0.05) is 23.7 Å². The number of nitrogens with zero attached hydrogens (tertiary/aromatic N) is 3. The monoisotopic (exact) mass is 379 g/mol. The number of para-hydroxylation sites is 1. The summed E-state index contributed by atoms with van der Waals surface area (Å²) in [5.74, 6) is 0.416.